The van der Waals surface area contributed by atoms with Gasteiger partial charge in [-0.05, 0) is 24.8 Å². The number of hydrogen-bond donors (Lipinski definition) is 0. The van der Waals surface area contributed by atoms with E-state index in [9.17, 15) is 0 Å². The number of rotatable bonds is 2. The minimum atomic E-state index is 0.323. The van der Waals surface area contributed by atoms with Crippen LogP contribution in [0.5, 0.6) is 5.75 Å². The van der Waals surface area contributed by atoms with E-state index in [0.29, 0.717) is 17.7 Å². The molecule has 0 radical (unpaired) electrons. The summed E-state index contributed by atoms with van der Waals surface area (Å²) in [5.74, 6) is 1.39. The lowest BCUT2D eigenvalue weighted by molar-refractivity contribution is 0.0576. The topological polar surface area (TPSA) is 45.9 Å². The molecule has 0 bridgehead atoms. The fourth-order valence-electron chi connectivity index (χ4n) is 1.53. The average molecular weight is 188 g/mol. The van der Waals surface area contributed by atoms with Gasteiger partial charge in [0.1, 0.15) is 23.6 Å². The van der Waals surface area contributed by atoms with Crippen LogP contribution in [0.25, 0.3) is 0 Å². The third-order valence-corrected chi connectivity index (χ3v) is 2.67. The minimum Gasteiger partial charge on any atom is -0.490 e. The lowest BCUT2D eigenvalue weighted by atomic mass is 9.83. The summed E-state index contributed by atoms with van der Waals surface area (Å²) < 4.78 is 5.71. The molecule has 1 heterocycles. The SMILES string of the molecule is C[C@H]1CC[C@@H]1Oc1ccnc(C#N)c1. The highest BCUT2D eigenvalue weighted by Gasteiger charge is 2.28. The summed E-state index contributed by atoms with van der Waals surface area (Å²) >= 11 is 0. The molecule has 0 spiro atoms. The monoisotopic (exact) mass is 188 g/mol. The number of pyridine rings is 1. The highest BCUT2D eigenvalue weighted by molar-refractivity contribution is 5.30. The molecule has 2 rings (SSSR count). The molecule has 1 aromatic heterocycles. The van der Waals surface area contributed by atoms with Crippen LogP contribution in [0.4, 0.5) is 0 Å². The highest BCUT2D eigenvalue weighted by atomic mass is 16.5. The molecule has 1 aliphatic carbocycles. The largest absolute Gasteiger partial charge is 0.490 e. The van der Waals surface area contributed by atoms with E-state index in [0.717, 1.165) is 12.2 Å². The van der Waals surface area contributed by atoms with Crippen molar-refractivity contribution in [2.24, 2.45) is 5.92 Å². The molecule has 72 valence electrons. The van der Waals surface area contributed by atoms with Gasteiger partial charge in [0.2, 0.25) is 0 Å². The lowest BCUT2D eigenvalue weighted by Crippen LogP contribution is -2.34. The molecule has 1 aromatic rings. The van der Waals surface area contributed by atoms with Crippen molar-refractivity contribution < 1.29 is 4.74 Å². The van der Waals surface area contributed by atoms with Gasteiger partial charge in [0.15, 0.2) is 0 Å². The maximum Gasteiger partial charge on any atom is 0.144 e. The molecule has 1 aliphatic rings. The molecule has 0 aliphatic heterocycles. The van der Waals surface area contributed by atoms with E-state index in [-0.39, 0.29) is 0 Å². The van der Waals surface area contributed by atoms with Gasteiger partial charge in [0, 0.05) is 12.3 Å². The first-order chi connectivity index (χ1) is 6.79. The van der Waals surface area contributed by atoms with Gasteiger partial charge in [0.25, 0.3) is 0 Å². The van der Waals surface area contributed by atoms with Gasteiger partial charge in [-0.15, -0.1) is 0 Å². The standard InChI is InChI=1S/C11H12N2O/c1-8-2-3-11(8)14-10-4-5-13-9(6-10)7-12/h4-6,8,11H,2-3H2,1H3/t8-,11-/m0/s1. The molecule has 0 unspecified atom stereocenters. The van der Waals surface area contributed by atoms with Gasteiger partial charge >= 0.3 is 0 Å². The van der Waals surface area contributed by atoms with Gasteiger partial charge < -0.3 is 4.74 Å². The highest BCUT2D eigenvalue weighted by Crippen LogP contribution is 2.30. The predicted octanol–water partition coefficient (Wildman–Crippen LogP) is 2.13. The molecule has 2 atom stereocenters. The van der Waals surface area contributed by atoms with Crippen molar-refractivity contribution in [1.29, 1.82) is 5.26 Å². The van der Waals surface area contributed by atoms with E-state index in [1.807, 2.05) is 6.07 Å². The lowest BCUT2D eigenvalue weighted by Gasteiger charge is -2.33. The van der Waals surface area contributed by atoms with Gasteiger partial charge in [-0.2, -0.15) is 5.26 Å². The fourth-order valence-corrected chi connectivity index (χ4v) is 1.53. The Hall–Kier alpha value is -1.56. The normalized spacial score (nSPS) is 24.9. The molecule has 1 fully saturated rings. The molecule has 0 N–H and O–H groups in total. The second kappa shape index (κ2) is 3.67. The van der Waals surface area contributed by atoms with Crippen molar-refractivity contribution in [3.63, 3.8) is 0 Å². The van der Waals surface area contributed by atoms with Crippen LogP contribution in [0.3, 0.4) is 0 Å². The Morgan fingerprint density at radius 1 is 1.57 bits per heavy atom. The van der Waals surface area contributed by atoms with Gasteiger partial charge in [0.05, 0.1) is 0 Å². The van der Waals surface area contributed by atoms with E-state index in [1.54, 1.807) is 18.3 Å². The Balaban J connectivity index is 2.06. The van der Waals surface area contributed by atoms with Crippen molar-refractivity contribution in [1.82, 2.24) is 4.98 Å². The molecule has 0 amide bonds. The number of nitriles is 1. The molecule has 14 heavy (non-hydrogen) atoms. The van der Waals surface area contributed by atoms with Crippen LogP contribution >= 0.6 is 0 Å². The quantitative estimate of drug-likeness (QED) is 0.714. The van der Waals surface area contributed by atoms with Crippen molar-refractivity contribution >= 4 is 0 Å². The average Bonchev–Trinajstić information content (AvgIpc) is 2.24. The van der Waals surface area contributed by atoms with Gasteiger partial charge in [-0.3, -0.25) is 0 Å². The van der Waals surface area contributed by atoms with Gasteiger partial charge in [-0.1, -0.05) is 6.92 Å². The Bertz CT molecular complexity index is 370. The van der Waals surface area contributed by atoms with Crippen LogP contribution in [0, 0.1) is 17.2 Å². The van der Waals surface area contributed by atoms with E-state index < -0.39 is 0 Å². The predicted molar refractivity (Wildman–Crippen MR) is 51.8 cm³/mol. The van der Waals surface area contributed by atoms with Crippen LogP contribution in [0.2, 0.25) is 0 Å². The summed E-state index contributed by atoms with van der Waals surface area (Å²) in [5, 5.41) is 8.65. The van der Waals surface area contributed by atoms with Crippen LogP contribution in [0.1, 0.15) is 25.5 Å². The maximum atomic E-state index is 8.65. The third kappa shape index (κ3) is 1.69. The van der Waals surface area contributed by atoms with Crippen molar-refractivity contribution in [2.75, 3.05) is 0 Å². The number of aromatic nitrogens is 1. The summed E-state index contributed by atoms with van der Waals surface area (Å²) in [6.07, 6.45) is 4.28. The molecule has 3 heteroatoms. The smallest absolute Gasteiger partial charge is 0.144 e. The third-order valence-electron chi connectivity index (χ3n) is 2.67. The van der Waals surface area contributed by atoms with E-state index in [4.69, 9.17) is 10.00 Å². The van der Waals surface area contributed by atoms with E-state index >= 15 is 0 Å². The Labute approximate surface area is 83.3 Å². The van der Waals surface area contributed by atoms with Crippen LogP contribution in [-0.2, 0) is 0 Å². The van der Waals surface area contributed by atoms with E-state index in [2.05, 4.69) is 11.9 Å². The molecule has 1 saturated carbocycles. The molecular weight excluding hydrogens is 176 g/mol. The van der Waals surface area contributed by atoms with Crippen molar-refractivity contribution in [2.45, 2.75) is 25.9 Å². The second-order valence-electron chi connectivity index (χ2n) is 3.70. The fraction of sp³-hybridized carbons (Fsp3) is 0.455. The summed E-state index contributed by atoms with van der Waals surface area (Å²) in [7, 11) is 0. The van der Waals surface area contributed by atoms with Crippen molar-refractivity contribution in [3.05, 3.63) is 24.0 Å². The Kier molecular flexibility index (Phi) is 2.36. The second-order valence-corrected chi connectivity index (χ2v) is 3.70. The Morgan fingerprint density at radius 3 is 3.00 bits per heavy atom. The van der Waals surface area contributed by atoms with Crippen LogP contribution < -0.4 is 4.74 Å². The first-order valence-corrected chi connectivity index (χ1v) is 4.82. The van der Waals surface area contributed by atoms with Crippen LogP contribution in [-0.4, -0.2) is 11.1 Å². The molecule has 0 saturated heterocycles. The molecular formula is C11H12N2O. The molecule has 3 nitrogen and oxygen atoms in total. The van der Waals surface area contributed by atoms with Gasteiger partial charge in [-0.25, -0.2) is 4.98 Å². The Morgan fingerprint density at radius 2 is 2.43 bits per heavy atom. The van der Waals surface area contributed by atoms with Crippen molar-refractivity contribution in [3.8, 4) is 11.8 Å². The maximum absolute atomic E-state index is 8.65. The summed E-state index contributed by atoms with van der Waals surface area (Å²) in [5.41, 5.74) is 0.412. The number of ether oxygens (including phenoxy) is 1. The number of hydrogen-bond acceptors (Lipinski definition) is 3. The summed E-state index contributed by atoms with van der Waals surface area (Å²) in [4.78, 5) is 3.89. The minimum absolute atomic E-state index is 0.323. The first kappa shape index (κ1) is 9.01. The summed E-state index contributed by atoms with van der Waals surface area (Å²) in [6, 6.07) is 5.48. The zero-order valence-electron chi connectivity index (χ0n) is 8.10. The van der Waals surface area contributed by atoms with Crippen LogP contribution in [0.15, 0.2) is 18.3 Å². The van der Waals surface area contributed by atoms with E-state index in [1.165, 1.54) is 6.42 Å². The first-order valence-electron chi connectivity index (χ1n) is 4.82. The summed E-state index contributed by atoms with van der Waals surface area (Å²) in [6.45, 7) is 2.18. The zero-order valence-corrected chi connectivity index (χ0v) is 8.10. The molecule has 0 aromatic carbocycles. The number of nitrogens with zero attached hydrogens (tertiary/aromatic N) is 2. The zero-order chi connectivity index (χ0) is 9.97.